The van der Waals surface area contributed by atoms with Crippen LogP contribution in [0.1, 0.15) is 57.8 Å². The van der Waals surface area contributed by atoms with Crippen molar-refractivity contribution in [2.45, 2.75) is 69.4 Å². The maximum absolute atomic E-state index is 12.3. The smallest absolute Gasteiger partial charge is 0.184 e. The van der Waals surface area contributed by atoms with E-state index in [9.17, 15) is 4.79 Å². The van der Waals surface area contributed by atoms with Crippen molar-refractivity contribution < 1.29 is 4.79 Å². The van der Waals surface area contributed by atoms with Gasteiger partial charge in [-0.25, -0.2) is 0 Å². The van der Waals surface area contributed by atoms with Crippen molar-refractivity contribution in [2.75, 3.05) is 0 Å². The predicted octanol–water partition coefficient (Wildman–Crippen LogP) is 2.48. The molecule has 3 saturated carbocycles. The molecule has 3 heteroatoms. The van der Waals surface area contributed by atoms with Crippen molar-refractivity contribution in [2.24, 2.45) is 11.8 Å². The molecule has 2 bridgehead atoms. The van der Waals surface area contributed by atoms with E-state index in [4.69, 9.17) is 0 Å². The van der Waals surface area contributed by atoms with Crippen LogP contribution in [0.3, 0.4) is 0 Å². The van der Waals surface area contributed by atoms with Crippen molar-refractivity contribution in [3.8, 4) is 0 Å². The molecular formula is C16H24N2O. The minimum Gasteiger partial charge on any atom is -0.369 e. The number of ketones is 1. The van der Waals surface area contributed by atoms with Crippen LogP contribution in [0.25, 0.3) is 0 Å². The zero-order valence-corrected chi connectivity index (χ0v) is 11.6. The lowest BCUT2D eigenvalue weighted by atomic mass is 9.80. The first-order valence-electron chi connectivity index (χ1n) is 8.06. The van der Waals surface area contributed by atoms with Gasteiger partial charge in [0.1, 0.15) is 11.4 Å². The van der Waals surface area contributed by atoms with Crippen molar-refractivity contribution in [1.29, 1.82) is 0 Å². The summed E-state index contributed by atoms with van der Waals surface area (Å²) in [6.07, 6.45) is 13.1. The summed E-state index contributed by atoms with van der Waals surface area (Å²) in [5, 5.41) is 7.18. The fraction of sp³-hybridized carbons (Fsp3) is 0.812. The van der Waals surface area contributed by atoms with Crippen molar-refractivity contribution in [3.05, 3.63) is 11.9 Å². The number of hydrogen-bond acceptors (Lipinski definition) is 3. The highest BCUT2D eigenvalue weighted by Gasteiger charge is 2.45. The van der Waals surface area contributed by atoms with E-state index in [2.05, 4.69) is 10.6 Å². The fourth-order valence-corrected chi connectivity index (χ4v) is 4.85. The molecule has 1 spiro atoms. The van der Waals surface area contributed by atoms with Crippen molar-refractivity contribution in [3.63, 3.8) is 0 Å². The SMILES string of the molecule is O=C1C=C(N[C@@H]2C[C@H]3CC[C@@H]2C3)NC12CCCCC2. The molecule has 4 rings (SSSR count). The second-order valence-corrected chi connectivity index (χ2v) is 7.12. The Kier molecular flexibility index (Phi) is 2.64. The average Bonchev–Trinajstić information content (AvgIpc) is 3.08. The third-order valence-electron chi connectivity index (χ3n) is 5.91. The van der Waals surface area contributed by atoms with Gasteiger partial charge in [0.15, 0.2) is 5.78 Å². The van der Waals surface area contributed by atoms with Gasteiger partial charge in [-0.2, -0.15) is 0 Å². The van der Waals surface area contributed by atoms with Gasteiger partial charge in [0.25, 0.3) is 0 Å². The van der Waals surface area contributed by atoms with E-state index in [0.717, 1.165) is 30.5 Å². The van der Waals surface area contributed by atoms with Gasteiger partial charge in [0, 0.05) is 12.1 Å². The lowest BCUT2D eigenvalue weighted by molar-refractivity contribution is -0.120. The Morgan fingerprint density at radius 1 is 1.16 bits per heavy atom. The molecule has 3 atom stereocenters. The largest absolute Gasteiger partial charge is 0.369 e. The Labute approximate surface area is 115 Å². The van der Waals surface area contributed by atoms with Crippen LogP contribution >= 0.6 is 0 Å². The Morgan fingerprint density at radius 2 is 2.00 bits per heavy atom. The van der Waals surface area contributed by atoms with E-state index in [1.54, 1.807) is 0 Å². The molecule has 19 heavy (non-hydrogen) atoms. The summed E-state index contributed by atoms with van der Waals surface area (Å²) in [5.74, 6) is 3.14. The standard InChI is InChI=1S/C16H24N2O/c19-14-10-15(18-16(14)6-2-1-3-7-16)17-13-9-11-4-5-12(13)8-11/h10-13,17-18H,1-9H2/t11-,12+,13+/m0/s1. The van der Waals surface area contributed by atoms with Crippen LogP contribution < -0.4 is 10.6 Å². The van der Waals surface area contributed by atoms with Crippen LogP contribution in [0.4, 0.5) is 0 Å². The van der Waals surface area contributed by atoms with Crippen LogP contribution in [0.5, 0.6) is 0 Å². The molecule has 0 radical (unpaired) electrons. The van der Waals surface area contributed by atoms with Gasteiger partial charge in [-0.15, -0.1) is 0 Å². The molecule has 1 heterocycles. The highest BCUT2D eigenvalue weighted by Crippen LogP contribution is 2.45. The van der Waals surface area contributed by atoms with Crippen LogP contribution in [-0.4, -0.2) is 17.4 Å². The first-order valence-corrected chi connectivity index (χ1v) is 8.06. The number of hydrogen-bond donors (Lipinski definition) is 2. The molecule has 2 N–H and O–H groups in total. The van der Waals surface area contributed by atoms with Crippen LogP contribution in [0, 0.1) is 11.8 Å². The molecule has 3 fully saturated rings. The summed E-state index contributed by atoms with van der Waals surface area (Å²) in [6, 6.07) is 0.615. The molecule has 0 saturated heterocycles. The van der Waals surface area contributed by atoms with Gasteiger partial charge in [-0.3, -0.25) is 4.79 Å². The summed E-state index contributed by atoms with van der Waals surface area (Å²) < 4.78 is 0. The van der Waals surface area contributed by atoms with E-state index in [-0.39, 0.29) is 5.54 Å². The zero-order chi connectivity index (χ0) is 12.9. The normalized spacial score (nSPS) is 39.5. The number of carbonyl (C=O) groups is 1. The minimum atomic E-state index is -0.238. The maximum atomic E-state index is 12.3. The lowest BCUT2D eigenvalue weighted by Crippen LogP contribution is -2.50. The Balaban J connectivity index is 1.43. The molecular weight excluding hydrogens is 236 g/mol. The molecule has 0 amide bonds. The second-order valence-electron chi connectivity index (χ2n) is 7.12. The van der Waals surface area contributed by atoms with Gasteiger partial charge in [-0.1, -0.05) is 25.7 Å². The summed E-state index contributed by atoms with van der Waals surface area (Å²) in [6.45, 7) is 0. The maximum Gasteiger partial charge on any atom is 0.184 e. The highest BCUT2D eigenvalue weighted by molar-refractivity contribution is 6.01. The number of fused-ring (bicyclic) bond motifs is 2. The van der Waals surface area contributed by atoms with E-state index in [0.29, 0.717) is 11.8 Å². The monoisotopic (exact) mass is 260 g/mol. The van der Waals surface area contributed by atoms with E-state index in [1.165, 1.54) is 44.9 Å². The second kappa shape index (κ2) is 4.26. The third-order valence-corrected chi connectivity index (χ3v) is 5.91. The molecule has 3 aliphatic carbocycles. The first kappa shape index (κ1) is 11.8. The van der Waals surface area contributed by atoms with E-state index >= 15 is 0 Å². The van der Waals surface area contributed by atoms with Crippen LogP contribution in [0.2, 0.25) is 0 Å². The number of rotatable bonds is 2. The topological polar surface area (TPSA) is 41.1 Å². The van der Waals surface area contributed by atoms with E-state index < -0.39 is 0 Å². The summed E-state index contributed by atoms with van der Waals surface area (Å²) >= 11 is 0. The van der Waals surface area contributed by atoms with Gasteiger partial charge in [-0.05, 0) is 43.9 Å². The molecule has 0 aromatic rings. The molecule has 4 aliphatic rings. The molecule has 0 unspecified atom stereocenters. The number of nitrogens with one attached hydrogen (secondary N) is 2. The molecule has 3 nitrogen and oxygen atoms in total. The van der Waals surface area contributed by atoms with Gasteiger partial charge in [0.2, 0.25) is 0 Å². The first-order chi connectivity index (χ1) is 9.25. The van der Waals surface area contributed by atoms with Crippen LogP contribution in [-0.2, 0) is 4.79 Å². The minimum absolute atomic E-state index is 0.238. The molecule has 0 aromatic heterocycles. The number of carbonyl (C=O) groups excluding carboxylic acids is 1. The Morgan fingerprint density at radius 3 is 2.68 bits per heavy atom. The molecule has 1 aliphatic heterocycles. The summed E-state index contributed by atoms with van der Waals surface area (Å²) in [5.41, 5.74) is -0.238. The van der Waals surface area contributed by atoms with Gasteiger partial charge < -0.3 is 10.6 Å². The average molecular weight is 260 g/mol. The van der Waals surface area contributed by atoms with E-state index in [1.807, 2.05) is 6.08 Å². The Bertz CT molecular complexity index is 422. The van der Waals surface area contributed by atoms with Crippen molar-refractivity contribution >= 4 is 5.78 Å². The van der Waals surface area contributed by atoms with Gasteiger partial charge >= 0.3 is 0 Å². The quantitative estimate of drug-likeness (QED) is 0.801. The van der Waals surface area contributed by atoms with Crippen molar-refractivity contribution in [1.82, 2.24) is 10.6 Å². The molecule has 0 aromatic carbocycles. The fourth-order valence-electron chi connectivity index (χ4n) is 4.85. The summed E-state index contributed by atoms with van der Waals surface area (Å²) in [4.78, 5) is 12.3. The van der Waals surface area contributed by atoms with Crippen LogP contribution in [0.15, 0.2) is 11.9 Å². The molecule has 104 valence electrons. The summed E-state index contributed by atoms with van der Waals surface area (Å²) in [7, 11) is 0. The predicted molar refractivity (Wildman–Crippen MR) is 74.4 cm³/mol. The third kappa shape index (κ3) is 1.89. The Hall–Kier alpha value is -0.990. The highest BCUT2D eigenvalue weighted by atomic mass is 16.1. The van der Waals surface area contributed by atoms with Gasteiger partial charge in [0.05, 0.1) is 0 Å². The zero-order valence-electron chi connectivity index (χ0n) is 11.6. The lowest BCUT2D eigenvalue weighted by Gasteiger charge is -2.34.